The Morgan fingerprint density at radius 2 is 1.73 bits per heavy atom. The summed E-state index contributed by atoms with van der Waals surface area (Å²) < 4.78 is 5.09. The standard InChI is InChI=1S/C19H30N4O2.HI/c1-14-4-8-16(9-5-14)23-19(20-2)22-13-12-21-18(24)15-6-10-17(25-3)11-7-15;/h6-7,10-11,14,16H,4-5,8-9,12-13H2,1-3H3,(H,21,24)(H2,20,22,23);1H. The summed E-state index contributed by atoms with van der Waals surface area (Å²) in [6.45, 7) is 3.48. The van der Waals surface area contributed by atoms with E-state index in [1.165, 1.54) is 25.7 Å². The molecule has 3 N–H and O–H groups in total. The molecular weight excluding hydrogens is 443 g/mol. The number of benzene rings is 1. The third kappa shape index (κ3) is 7.39. The Hall–Kier alpha value is -1.51. The summed E-state index contributed by atoms with van der Waals surface area (Å²) in [7, 11) is 3.38. The van der Waals surface area contributed by atoms with Gasteiger partial charge in [0.25, 0.3) is 5.91 Å². The number of nitrogens with zero attached hydrogens (tertiary/aromatic N) is 1. The average Bonchev–Trinajstić information content (AvgIpc) is 2.65. The molecule has 0 aromatic heterocycles. The van der Waals surface area contributed by atoms with E-state index in [4.69, 9.17) is 4.74 Å². The molecular formula is C19H31IN4O2. The molecule has 1 saturated carbocycles. The van der Waals surface area contributed by atoms with Crippen molar-refractivity contribution in [2.45, 2.75) is 38.6 Å². The van der Waals surface area contributed by atoms with Gasteiger partial charge >= 0.3 is 0 Å². The molecule has 1 aromatic carbocycles. The second kappa shape index (κ2) is 12.0. The lowest BCUT2D eigenvalue weighted by Gasteiger charge is -2.28. The molecule has 146 valence electrons. The van der Waals surface area contributed by atoms with E-state index >= 15 is 0 Å². The molecule has 1 amide bonds. The van der Waals surface area contributed by atoms with Crippen molar-refractivity contribution in [3.05, 3.63) is 29.8 Å². The number of hydrogen-bond donors (Lipinski definition) is 3. The fourth-order valence-corrected chi connectivity index (χ4v) is 2.99. The first-order chi connectivity index (χ1) is 12.1. The van der Waals surface area contributed by atoms with Gasteiger partial charge in [0.2, 0.25) is 0 Å². The summed E-state index contributed by atoms with van der Waals surface area (Å²) in [5.41, 5.74) is 0.625. The Bertz CT molecular complexity index is 569. The van der Waals surface area contributed by atoms with Crippen LogP contribution in [0, 0.1) is 5.92 Å². The van der Waals surface area contributed by atoms with Crippen LogP contribution in [0.15, 0.2) is 29.3 Å². The molecule has 0 atom stereocenters. The van der Waals surface area contributed by atoms with Crippen molar-refractivity contribution in [1.29, 1.82) is 0 Å². The fraction of sp³-hybridized carbons (Fsp3) is 0.579. The van der Waals surface area contributed by atoms with Gasteiger partial charge in [0.15, 0.2) is 5.96 Å². The van der Waals surface area contributed by atoms with Crippen LogP contribution in [-0.4, -0.2) is 45.2 Å². The highest BCUT2D eigenvalue weighted by atomic mass is 127. The molecule has 0 spiro atoms. The molecule has 0 aliphatic heterocycles. The van der Waals surface area contributed by atoms with E-state index in [1.807, 2.05) is 0 Å². The Morgan fingerprint density at radius 1 is 1.12 bits per heavy atom. The van der Waals surface area contributed by atoms with Crippen LogP contribution in [0.1, 0.15) is 43.0 Å². The number of rotatable bonds is 6. The molecule has 0 bridgehead atoms. The minimum absolute atomic E-state index is 0. The van der Waals surface area contributed by atoms with Gasteiger partial charge in [0.1, 0.15) is 5.75 Å². The Morgan fingerprint density at radius 3 is 2.31 bits per heavy atom. The molecule has 26 heavy (non-hydrogen) atoms. The first-order valence-corrected chi connectivity index (χ1v) is 9.01. The summed E-state index contributed by atoms with van der Waals surface area (Å²) in [4.78, 5) is 16.3. The van der Waals surface area contributed by atoms with Crippen LogP contribution in [0.25, 0.3) is 0 Å². The number of guanidine groups is 1. The summed E-state index contributed by atoms with van der Waals surface area (Å²) in [5.74, 6) is 2.29. The maximum absolute atomic E-state index is 12.1. The SMILES string of the molecule is CN=C(NCCNC(=O)c1ccc(OC)cc1)NC1CCC(C)CC1.I. The first kappa shape index (κ1) is 22.5. The molecule has 0 radical (unpaired) electrons. The normalized spacial score (nSPS) is 19.9. The van der Waals surface area contributed by atoms with Gasteiger partial charge in [-0.2, -0.15) is 0 Å². The number of carbonyl (C=O) groups excluding carboxylic acids is 1. The zero-order valence-corrected chi connectivity index (χ0v) is 18.2. The highest BCUT2D eigenvalue weighted by Crippen LogP contribution is 2.23. The monoisotopic (exact) mass is 474 g/mol. The van der Waals surface area contributed by atoms with Gasteiger partial charge in [-0.3, -0.25) is 9.79 Å². The lowest BCUT2D eigenvalue weighted by atomic mass is 9.87. The molecule has 0 saturated heterocycles. The number of hydrogen-bond acceptors (Lipinski definition) is 3. The van der Waals surface area contributed by atoms with Crippen LogP contribution in [0.5, 0.6) is 5.75 Å². The lowest BCUT2D eigenvalue weighted by molar-refractivity contribution is 0.0954. The van der Waals surface area contributed by atoms with Gasteiger partial charge in [0, 0.05) is 31.7 Å². The Balaban J connectivity index is 0.00000338. The lowest BCUT2D eigenvalue weighted by Crippen LogP contribution is -2.46. The van der Waals surface area contributed by atoms with E-state index in [2.05, 4.69) is 27.9 Å². The van der Waals surface area contributed by atoms with Crippen molar-refractivity contribution in [2.24, 2.45) is 10.9 Å². The smallest absolute Gasteiger partial charge is 0.251 e. The second-order valence-corrected chi connectivity index (χ2v) is 6.58. The topological polar surface area (TPSA) is 74.8 Å². The molecule has 7 heteroatoms. The maximum atomic E-state index is 12.1. The number of halogens is 1. The van der Waals surface area contributed by atoms with E-state index in [9.17, 15) is 4.79 Å². The van der Waals surface area contributed by atoms with E-state index < -0.39 is 0 Å². The van der Waals surface area contributed by atoms with Crippen molar-refractivity contribution in [2.75, 3.05) is 27.2 Å². The van der Waals surface area contributed by atoms with E-state index in [1.54, 1.807) is 38.4 Å². The molecule has 1 aromatic rings. The van der Waals surface area contributed by atoms with Crippen LogP contribution < -0.4 is 20.7 Å². The zero-order valence-electron chi connectivity index (χ0n) is 15.9. The number of nitrogens with one attached hydrogen (secondary N) is 3. The molecule has 2 rings (SSSR count). The van der Waals surface area contributed by atoms with E-state index in [0.717, 1.165) is 17.6 Å². The minimum atomic E-state index is -0.0892. The number of methoxy groups -OCH3 is 1. The van der Waals surface area contributed by atoms with E-state index in [0.29, 0.717) is 24.7 Å². The van der Waals surface area contributed by atoms with Crippen LogP contribution in [0.2, 0.25) is 0 Å². The Labute approximate surface area is 173 Å². The molecule has 0 unspecified atom stereocenters. The summed E-state index contributed by atoms with van der Waals surface area (Å²) in [6, 6.07) is 7.57. The van der Waals surface area contributed by atoms with Crippen molar-refractivity contribution >= 4 is 35.8 Å². The van der Waals surface area contributed by atoms with Crippen molar-refractivity contribution in [1.82, 2.24) is 16.0 Å². The van der Waals surface area contributed by atoms with Crippen molar-refractivity contribution in [3.63, 3.8) is 0 Å². The van der Waals surface area contributed by atoms with Gasteiger partial charge in [0.05, 0.1) is 7.11 Å². The number of amides is 1. The van der Waals surface area contributed by atoms with Gasteiger partial charge in [-0.15, -0.1) is 24.0 Å². The van der Waals surface area contributed by atoms with Gasteiger partial charge < -0.3 is 20.7 Å². The van der Waals surface area contributed by atoms with Crippen LogP contribution in [0.4, 0.5) is 0 Å². The summed E-state index contributed by atoms with van der Waals surface area (Å²) in [5, 5.41) is 9.63. The highest BCUT2D eigenvalue weighted by molar-refractivity contribution is 14.0. The van der Waals surface area contributed by atoms with Crippen LogP contribution in [0.3, 0.4) is 0 Å². The number of aliphatic imine (C=N–C) groups is 1. The average molecular weight is 474 g/mol. The van der Waals surface area contributed by atoms with Gasteiger partial charge in [-0.25, -0.2) is 0 Å². The fourth-order valence-electron chi connectivity index (χ4n) is 2.99. The first-order valence-electron chi connectivity index (χ1n) is 9.01. The van der Waals surface area contributed by atoms with Gasteiger partial charge in [-0.05, 0) is 55.9 Å². The number of carbonyl (C=O) groups is 1. The van der Waals surface area contributed by atoms with Crippen molar-refractivity contribution in [3.8, 4) is 5.75 Å². The molecule has 0 heterocycles. The number of ether oxygens (including phenoxy) is 1. The van der Waals surface area contributed by atoms with Crippen LogP contribution in [-0.2, 0) is 0 Å². The molecule has 6 nitrogen and oxygen atoms in total. The molecule has 1 fully saturated rings. The highest BCUT2D eigenvalue weighted by Gasteiger charge is 2.18. The second-order valence-electron chi connectivity index (χ2n) is 6.58. The molecule has 1 aliphatic rings. The van der Waals surface area contributed by atoms with Crippen LogP contribution >= 0.6 is 24.0 Å². The third-order valence-electron chi connectivity index (χ3n) is 4.64. The summed E-state index contributed by atoms with van der Waals surface area (Å²) in [6.07, 6.45) is 4.92. The summed E-state index contributed by atoms with van der Waals surface area (Å²) >= 11 is 0. The third-order valence-corrected chi connectivity index (χ3v) is 4.64. The van der Waals surface area contributed by atoms with E-state index in [-0.39, 0.29) is 29.9 Å². The quantitative estimate of drug-likeness (QED) is 0.257. The molecule has 1 aliphatic carbocycles. The Kier molecular flexibility index (Phi) is 10.4. The van der Waals surface area contributed by atoms with Gasteiger partial charge in [-0.1, -0.05) is 6.92 Å². The van der Waals surface area contributed by atoms with Crippen molar-refractivity contribution < 1.29 is 9.53 Å². The maximum Gasteiger partial charge on any atom is 0.251 e. The zero-order chi connectivity index (χ0) is 18.1. The predicted octanol–water partition coefficient (Wildman–Crippen LogP) is 2.79. The predicted molar refractivity (Wildman–Crippen MR) is 117 cm³/mol. The minimum Gasteiger partial charge on any atom is -0.497 e. The largest absolute Gasteiger partial charge is 0.497 e.